The Kier molecular flexibility index (Phi) is 2.41. The monoisotopic (exact) mass is 203 g/mol. The molecule has 2 nitrogen and oxygen atoms in total. The Morgan fingerprint density at radius 1 is 1.36 bits per heavy atom. The van der Waals surface area contributed by atoms with Crippen molar-refractivity contribution >= 4 is 17.1 Å². The van der Waals surface area contributed by atoms with Crippen LogP contribution in [0.4, 0.5) is 0 Å². The molecule has 2 rings (SSSR count). The highest BCUT2D eigenvalue weighted by molar-refractivity contribution is 7.12. The van der Waals surface area contributed by atoms with Crippen molar-refractivity contribution in [3.05, 3.63) is 52.0 Å². The number of hydrogen-bond acceptors (Lipinski definition) is 3. The summed E-state index contributed by atoms with van der Waals surface area (Å²) >= 11 is 1.45. The van der Waals surface area contributed by atoms with Crippen molar-refractivity contribution in [2.24, 2.45) is 0 Å². The summed E-state index contributed by atoms with van der Waals surface area (Å²) in [5.74, 6) is 0.0486. The highest BCUT2D eigenvalue weighted by atomic mass is 32.1. The molecule has 0 unspecified atom stereocenters. The van der Waals surface area contributed by atoms with E-state index in [4.69, 9.17) is 0 Å². The fourth-order valence-electron chi connectivity index (χ4n) is 1.15. The van der Waals surface area contributed by atoms with Crippen LogP contribution in [0, 0.1) is 6.92 Å². The molecule has 0 saturated heterocycles. The molecule has 0 saturated carbocycles. The lowest BCUT2D eigenvalue weighted by atomic mass is 10.1. The highest BCUT2D eigenvalue weighted by Gasteiger charge is 2.09. The van der Waals surface area contributed by atoms with Crippen molar-refractivity contribution in [3.63, 3.8) is 0 Å². The first-order valence-electron chi connectivity index (χ1n) is 4.28. The SMILES string of the molecule is Cc1ccc(C(=O)c2cccs2)cn1. The topological polar surface area (TPSA) is 30.0 Å². The zero-order chi connectivity index (χ0) is 9.97. The summed E-state index contributed by atoms with van der Waals surface area (Å²) in [5, 5.41) is 1.90. The van der Waals surface area contributed by atoms with Crippen molar-refractivity contribution < 1.29 is 4.79 Å². The lowest BCUT2D eigenvalue weighted by Gasteiger charge is -1.97. The number of aryl methyl sites for hydroxylation is 1. The van der Waals surface area contributed by atoms with Crippen molar-refractivity contribution in [1.82, 2.24) is 4.98 Å². The van der Waals surface area contributed by atoms with Crippen LogP contribution in [0.2, 0.25) is 0 Å². The minimum absolute atomic E-state index is 0.0486. The van der Waals surface area contributed by atoms with Gasteiger partial charge in [-0.05, 0) is 30.5 Å². The fourth-order valence-corrected chi connectivity index (χ4v) is 1.84. The standard InChI is InChI=1S/C11H9NOS/c1-8-4-5-9(7-12-8)11(13)10-3-2-6-14-10/h2-7H,1H3. The van der Waals surface area contributed by atoms with E-state index in [0.717, 1.165) is 10.6 Å². The molecule has 0 aliphatic rings. The largest absolute Gasteiger partial charge is 0.288 e. The molecular formula is C11H9NOS. The van der Waals surface area contributed by atoms with Crippen molar-refractivity contribution in [3.8, 4) is 0 Å². The molecular weight excluding hydrogens is 194 g/mol. The van der Waals surface area contributed by atoms with Gasteiger partial charge in [0, 0.05) is 17.5 Å². The molecule has 0 aromatic carbocycles. The highest BCUT2D eigenvalue weighted by Crippen LogP contribution is 2.14. The minimum Gasteiger partial charge on any atom is -0.288 e. The number of thiophene rings is 1. The third-order valence-corrected chi connectivity index (χ3v) is 2.79. The van der Waals surface area contributed by atoms with Crippen LogP contribution in [0.1, 0.15) is 20.9 Å². The molecule has 0 spiro atoms. The van der Waals surface area contributed by atoms with Crippen LogP contribution in [0.15, 0.2) is 35.8 Å². The van der Waals surface area contributed by atoms with Crippen LogP contribution in [0.3, 0.4) is 0 Å². The lowest BCUT2D eigenvalue weighted by molar-refractivity contribution is 0.104. The zero-order valence-corrected chi connectivity index (χ0v) is 8.54. The summed E-state index contributed by atoms with van der Waals surface area (Å²) in [4.78, 5) is 16.6. The van der Waals surface area contributed by atoms with E-state index in [1.807, 2.05) is 36.6 Å². The fraction of sp³-hybridized carbons (Fsp3) is 0.0909. The maximum atomic E-state index is 11.8. The van der Waals surface area contributed by atoms with E-state index in [9.17, 15) is 4.79 Å². The summed E-state index contributed by atoms with van der Waals surface area (Å²) < 4.78 is 0. The van der Waals surface area contributed by atoms with Gasteiger partial charge in [0.1, 0.15) is 0 Å². The van der Waals surface area contributed by atoms with E-state index in [1.54, 1.807) is 6.20 Å². The average Bonchev–Trinajstić information content (AvgIpc) is 2.71. The van der Waals surface area contributed by atoms with Gasteiger partial charge in [0.15, 0.2) is 0 Å². The van der Waals surface area contributed by atoms with Gasteiger partial charge in [0.05, 0.1) is 4.88 Å². The van der Waals surface area contributed by atoms with E-state index in [-0.39, 0.29) is 5.78 Å². The molecule has 0 atom stereocenters. The van der Waals surface area contributed by atoms with Crippen molar-refractivity contribution in [1.29, 1.82) is 0 Å². The summed E-state index contributed by atoms with van der Waals surface area (Å²) in [7, 11) is 0. The number of nitrogens with zero attached hydrogens (tertiary/aromatic N) is 1. The van der Waals surface area contributed by atoms with Gasteiger partial charge in [0.25, 0.3) is 0 Å². The second kappa shape index (κ2) is 3.72. The summed E-state index contributed by atoms with van der Waals surface area (Å²) in [6.45, 7) is 1.90. The predicted octanol–water partition coefficient (Wildman–Crippen LogP) is 2.68. The first-order valence-corrected chi connectivity index (χ1v) is 5.16. The Hall–Kier alpha value is -1.48. The van der Waals surface area contributed by atoms with Crippen LogP contribution in [-0.2, 0) is 0 Å². The number of pyridine rings is 1. The van der Waals surface area contributed by atoms with Crippen LogP contribution < -0.4 is 0 Å². The maximum absolute atomic E-state index is 11.8. The third-order valence-electron chi connectivity index (χ3n) is 1.92. The van der Waals surface area contributed by atoms with Crippen LogP contribution >= 0.6 is 11.3 Å². The van der Waals surface area contributed by atoms with Crippen molar-refractivity contribution in [2.45, 2.75) is 6.92 Å². The molecule has 0 bridgehead atoms. The third kappa shape index (κ3) is 1.72. The van der Waals surface area contributed by atoms with E-state index in [2.05, 4.69) is 4.98 Å². The molecule has 0 N–H and O–H groups in total. The first kappa shape index (κ1) is 9.09. The number of carbonyl (C=O) groups excluding carboxylic acids is 1. The van der Waals surface area contributed by atoms with Gasteiger partial charge in [-0.1, -0.05) is 6.07 Å². The molecule has 0 amide bonds. The Bertz CT molecular complexity index is 431. The number of rotatable bonds is 2. The van der Waals surface area contributed by atoms with Gasteiger partial charge in [-0.3, -0.25) is 9.78 Å². The summed E-state index contributed by atoms with van der Waals surface area (Å²) in [6, 6.07) is 7.36. The van der Waals surface area contributed by atoms with E-state index < -0.39 is 0 Å². The second-order valence-corrected chi connectivity index (χ2v) is 3.94. The van der Waals surface area contributed by atoms with Crippen LogP contribution in [0.25, 0.3) is 0 Å². The summed E-state index contributed by atoms with van der Waals surface area (Å²) in [5.41, 5.74) is 1.57. The minimum atomic E-state index is 0.0486. The molecule has 0 aliphatic carbocycles. The van der Waals surface area contributed by atoms with Gasteiger partial charge in [0.2, 0.25) is 5.78 Å². The van der Waals surface area contributed by atoms with Gasteiger partial charge in [-0.15, -0.1) is 11.3 Å². The number of ketones is 1. The number of carbonyl (C=O) groups is 1. The number of hydrogen-bond donors (Lipinski definition) is 0. The molecule has 70 valence electrons. The molecule has 0 radical (unpaired) electrons. The number of aromatic nitrogens is 1. The molecule has 2 aromatic rings. The average molecular weight is 203 g/mol. The molecule has 2 heterocycles. The van der Waals surface area contributed by atoms with Gasteiger partial charge >= 0.3 is 0 Å². The quantitative estimate of drug-likeness (QED) is 0.702. The predicted molar refractivity (Wildman–Crippen MR) is 56.7 cm³/mol. The molecule has 0 aliphatic heterocycles. The molecule has 14 heavy (non-hydrogen) atoms. The Balaban J connectivity index is 2.33. The van der Waals surface area contributed by atoms with Gasteiger partial charge in [-0.2, -0.15) is 0 Å². The Labute approximate surface area is 86.2 Å². The Morgan fingerprint density at radius 2 is 2.21 bits per heavy atom. The van der Waals surface area contributed by atoms with Crippen LogP contribution in [-0.4, -0.2) is 10.8 Å². The van der Waals surface area contributed by atoms with Gasteiger partial charge in [-0.25, -0.2) is 0 Å². The van der Waals surface area contributed by atoms with E-state index in [0.29, 0.717) is 5.56 Å². The van der Waals surface area contributed by atoms with Crippen molar-refractivity contribution in [2.75, 3.05) is 0 Å². The molecule has 3 heteroatoms. The maximum Gasteiger partial charge on any atom is 0.204 e. The zero-order valence-electron chi connectivity index (χ0n) is 7.73. The summed E-state index contributed by atoms with van der Waals surface area (Å²) in [6.07, 6.45) is 1.62. The lowest BCUT2D eigenvalue weighted by Crippen LogP contribution is -1.99. The van der Waals surface area contributed by atoms with E-state index >= 15 is 0 Å². The van der Waals surface area contributed by atoms with Gasteiger partial charge < -0.3 is 0 Å². The molecule has 0 fully saturated rings. The smallest absolute Gasteiger partial charge is 0.204 e. The van der Waals surface area contributed by atoms with Crippen LogP contribution in [0.5, 0.6) is 0 Å². The molecule has 2 aromatic heterocycles. The normalized spacial score (nSPS) is 10.1. The second-order valence-electron chi connectivity index (χ2n) is 2.99. The first-order chi connectivity index (χ1) is 6.77. The van der Waals surface area contributed by atoms with E-state index in [1.165, 1.54) is 11.3 Å². The Morgan fingerprint density at radius 3 is 2.79 bits per heavy atom.